The molecule has 130 valence electrons. The van der Waals surface area contributed by atoms with Crippen molar-refractivity contribution >= 4 is 34.3 Å². The first-order valence-corrected chi connectivity index (χ1v) is 9.85. The summed E-state index contributed by atoms with van der Waals surface area (Å²) in [5.74, 6) is 0.957. The standard InChI is InChI=1S/C19H15N3O2S2/c23-17(9-10-18-21-19(22-24-18)16-8-4-12-26-16)20-14-6-2-1-5-13(14)15-7-3-11-25-15/h1-8,11-12H,9-10H2,(H,20,23). The third-order valence-corrected chi connectivity index (χ3v) is 5.53. The molecule has 1 aromatic carbocycles. The highest BCUT2D eigenvalue weighted by atomic mass is 32.1. The topological polar surface area (TPSA) is 68.0 Å². The lowest BCUT2D eigenvalue weighted by Gasteiger charge is -2.09. The molecule has 0 bridgehead atoms. The number of carbonyl (C=O) groups excluding carboxylic acids is 1. The molecule has 0 aliphatic heterocycles. The fourth-order valence-electron chi connectivity index (χ4n) is 2.53. The summed E-state index contributed by atoms with van der Waals surface area (Å²) in [5, 5.41) is 10.9. The van der Waals surface area contributed by atoms with Crippen molar-refractivity contribution < 1.29 is 9.32 Å². The van der Waals surface area contributed by atoms with Gasteiger partial charge >= 0.3 is 0 Å². The number of aromatic nitrogens is 2. The van der Waals surface area contributed by atoms with Crippen molar-refractivity contribution in [2.45, 2.75) is 12.8 Å². The average Bonchev–Trinajstić information content (AvgIpc) is 3.42. The molecule has 0 aliphatic rings. The second kappa shape index (κ2) is 7.63. The van der Waals surface area contributed by atoms with Gasteiger partial charge in [-0.15, -0.1) is 22.7 Å². The maximum Gasteiger partial charge on any atom is 0.227 e. The molecule has 0 aliphatic carbocycles. The molecular formula is C19H15N3O2S2. The van der Waals surface area contributed by atoms with Gasteiger partial charge in [-0.3, -0.25) is 4.79 Å². The molecule has 3 heterocycles. The first kappa shape index (κ1) is 16.7. The van der Waals surface area contributed by atoms with Crippen LogP contribution in [-0.4, -0.2) is 16.0 Å². The van der Waals surface area contributed by atoms with Crippen molar-refractivity contribution in [3.05, 3.63) is 65.2 Å². The third-order valence-electron chi connectivity index (χ3n) is 3.76. The Balaban J connectivity index is 1.39. The summed E-state index contributed by atoms with van der Waals surface area (Å²) in [6.45, 7) is 0. The number of thiophene rings is 2. The predicted molar refractivity (Wildman–Crippen MR) is 104 cm³/mol. The summed E-state index contributed by atoms with van der Waals surface area (Å²) >= 11 is 3.20. The van der Waals surface area contributed by atoms with Crippen molar-refractivity contribution in [3.8, 4) is 21.1 Å². The number of nitrogens with one attached hydrogen (secondary N) is 1. The van der Waals surface area contributed by atoms with Gasteiger partial charge in [-0.05, 0) is 29.0 Å². The number of carbonyl (C=O) groups is 1. The number of para-hydroxylation sites is 1. The number of anilines is 1. The summed E-state index contributed by atoms with van der Waals surface area (Å²) in [6, 6.07) is 15.7. The number of hydrogen-bond donors (Lipinski definition) is 1. The van der Waals surface area contributed by atoms with E-state index in [2.05, 4.69) is 15.5 Å². The van der Waals surface area contributed by atoms with Crippen LogP contribution in [0.5, 0.6) is 0 Å². The SMILES string of the molecule is O=C(CCc1nc(-c2cccs2)no1)Nc1ccccc1-c1cccs1. The van der Waals surface area contributed by atoms with Crippen molar-refractivity contribution in [1.82, 2.24) is 10.1 Å². The zero-order valence-electron chi connectivity index (χ0n) is 13.7. The van der Waals surface area contributed by atoms with E-state index >= 15 is 0 Å². The van der Waals surface area contributed by atoms with Gasteiger partial charge in [0, 0.05) is 29.0 Å². The minimum absolute atomic E-state index is 0.0788. The molecule has 3 aromatic heterocycles. The molecule has 4 rings (SSSR count). The van der Waals surface area contributed by atoms with E-state index in [0.29, 0.717) is 18.1 Å². The normalized spacial score (nSPS) is 10.8. The molecule has 5 nitrogen and oxygen atoms in total. The Kier molecular flexibility index (Phi) is 4.90. The zero-order valence-corrected chi connectivity index (χ0v) is 15.3. The van der Waals surface area contributed by atoms with Gasteiger partial charge in [-0.1, -0.05) is 35.5 Å². The molecule has 7 heteroatoms. The van der Waals surface area contributed by atoms with Crippen LogP contribution in [0.25, 0.3) is 21.1 Å². The van der Waals surface area contributed by atoms with Gasteiger partial charge in [0.2, 0.25) is 17.6 Å². The van der Waals surface area contributed by atoms with Gasteiger partial charge < -0.3 is 9.84 Å². The second-order valence-electron chi connectivity index (χ2n) is 5.56. The Bertz CT molecular complexity index is 992. The Morgan fingerprint density at radius 1 is 1.00 bits per heavy atom. The first-order valence-electron chi connectivity index (χ1n) is 8.09. The van der Waals surface area contributed by atoms with Crippen LogP contribution in [-0.2, 0) is 11.2 Å². The minimum atomic E-state index is -0.0788. The lowest BCUT2D eigenvalue weighted by atomic mass is 10.1. The van der Waals surface area contributed by atoms with Crippen LogP contribution < -0.4 is 5.32 Å². The molecule has 0 atom stereocenters. The van der Waals surface area contributed by atoms with Gasteiger partial charge in [0.25, 0.3) is 0 Å². The summed E-state index contributed by atoms with van der Waals surface area (Å²) in [5.41, 5.74) is 1.83. The van der Waals surface area contributed by atoms with E-state index in [9.17, 15) is 4.79 Å². The number of benzene rings is 1. The molecule has 0 spiro atoms. The van der Waals surface area contributed by atoms with Gasteiger partial charge in [0.1, 0.15) is 0 Å². The summed E-state index contributed by atoms with van der Waals surface area (Å²) in [4.78, 5) is 18.8. The van der Waals surface area contributed by atoms with E-state index in [1.54, 1.807) is 22.7 Å². The lowest BCUT2D eigenvalue weighted by Crippen LogP contribution is -2.13. The molecule has 0 saturated heterocycles. The number of rotatable bonds is 6. The summed E-state index contributed by atoms with van der Waals surface area (Å²) in [6.07, 6.45) is 0.691. The summed E-state index contributed by atoms with van der Waals surface area (Å²) in [7, 11) is 0. The van der Waals surface area contributed by atoms with Gasteiger partial charge in [0.05, 0.1) is 4.88 Å². The Hall–Kier alpha value is -2.77. The molecule has 26 heavy (non-hydrogen) atoms. The maximum absolute atomic E-state index is 12.3. The summed E-state index contributed by atoms with van der Waals surface area (Å²) < 4.78 is 5.24. The average molecular weight is 381 g/mol. The van der Waals surface area contributed by atoms with Crippen LogP contribution >= 0.6 is 22.7 Å². The van der Waals surface area contributed by atoms with E-state index in [4.69, 9.17) is 4.52 Å². The monoisotopic (exact) mass is 381 g/mol. The van der Waals surface area contributed by atoms with E-state index in [-0.39, 0.29) is 12.3 Å². The molecule has 4 aromatic rings. The van der Waals surface area contributed by atoms with Crippen molar-refractivity contribution in [3.63, 3.8) is 0 Å². The number of nitrogens with zero attached hydrogens (tertiary/aromatic N) is 2. The van der Waals surface area contributed by atoms with Gasteiger partial charge in [-0.2, -0.15) is 4.98 Å². The molecule has 0 radical (unpaired) electrons. The molecule has 1 N–H and O–H groups in total. The van der Waals surface area contributed by atoms with Crippen molar-refractivity contribution in [2.75, 3.05) is 5.32 Å². The van der Waals surface area contributed by atoms with Crippen LogP contribution in [0, 0.1) is 0 Å². The van der Waals surface area contributed by atoms with Crippen molar-refractivity contribution in [2.24, 2.45) is 0 Å². The third kappa shape index (κ3) is 3.74. The van der Waals surface area contributed by atoms with E-state index in [1.807, 2.05) is 59.3 Å². The predicted octanol–water partition coefficient (Wildman–Crippen LogP) is 5.10. The fourth-order valence-corrected chi connectivity index (χ4v) is 3.95. The van der Waals surface area contributed by atoms with Crippen molar-refractivity contribution in [1.29, 1.82) is 0 Å². The van der Waals surface area contributed by atoms with Crippen LogP contribution in [0.3, 0.4) is 0 Å². The van der Waals surface area contributed by atoms with Gasteiger partial charge in [-0.25, -0.2) is 0 Å². The number of amides is 1. The maximum atomic E-state index is 12.3. The van der Waals surface area contributed by atoms with Crippen LogP contribution in [0.2, 0.25) is 0 Å². The molecule has 0 unspecified atom stereocenters. The van der Waals surface area contributed by atoms with E-state index in [1.165, 1.54) is 0 Å². The molecule has 0 saturated carbocycles. The van der Waals surface area contributed by atoms with E-state index < -0.39 is 0 Å². The molecule has 1 amide bonds. The fraction of sp³-hybridized carbons (Fsp3) is 0.105. The quantitative estimate of drug-likeness (QED) is 0.505. The number of hydrogen-bond acceptors (Lipinski definition) is 6. The Labute approximate surface area is 158 Å². The largest absolute Gasteiger partial charge is 0.339 e. The highest BCUT2D eigenvalue weighted by Crippen LogP contribution is 2.31. The molecular weight excluding hydrogens is 366 g/mol. The first-order chi connectivity index (χ1) is 12.8. The van der Waals surface area contributed by atoms with Crippen LogP contribution in [0.4, 0.5) is 5.69 Å². The Morgan fingerprint density at radius 2 is 1.77 bits per heavy atom. The van der Waals surface area contributed by atoms with Gasteiger partial charge in [0.15, 0.2) is 0 Å². The number of aryl methyl sites for hydroxylation is 1. The van der Waals surface area contributed by atoms with E-state index in [0.717, 1.165) is 21.0 Å². The van der Waals surface area contributed by atoms with Crippen LogP contribution in [0.15, 0.2) is 63.8 Å². The smallest absolute Gasteiger partial charge is 0.227 e. The Morgan fingerprint density at radius 3 is 2.54 bits per heavy atom. The van der Waals surface area contributed by atoms with Crippen LogP contribution in [0.1, 0.15) is 12.3 Å². The lowest BCUT2D eigenvalue weighted by molar-refractivity contribution is -0.116. The highest BCUT2D eigenvalue weighted by molar-refractivity contribution is 7.13. The second-order valence-corrected chi connectivity index (χ2v) is 7.46. The molecule has 0 fully saturated rings. The zero-order chi connectivity index (χ0) is 17.8. The minimum Gasteiger partial charge on any atom is -0.339 e. The highest BCUT2D eigenvalue weighted by Gasteiger charge is 2.13.